The van der Waals surface area contributed by atoms with Crippen molar-refractivity contribution >= 4 is 5.69 Å². The smallest absolute Gasteiger partial charge is 0.115 e. The Morgan fingerprint density at radius 1 is 1.40 bits per heavy atom. The minimum absolute atomic E-state index is 0.646. The highest BCUT2D eigenvalue weighted by atomic mass is 14.8. The van der Waals surface area contributed by atoms with Gasteiger partial charge in [0, 0.05) is 0 Å². The lowest BCUT2D eigenvalue weighted by Crippen LogP contribution is -1.92. The van der Waals surface area contributed by atoms with E-state index in [2.05, 4.69) is 9.97 Å². The van der Waals surface area contributed by atoms with Gasteiger partial charge in [-0.05, 0) is 6.92 Å². The topological polar surface area (TPSA) is 51.8 Å². The standard InChI is InChI=1S/C5H7N3.C2H6/c1-4-5(6)2-7-3-8-4;1-2/h2-3H,6H2,1H3;1-2H3. The lowest BCUT2D eigenvalue weighted by Gasteiger charge is -1.91. The molecule has 1 aromatic rings. The number of anilines is 1. The monoisotopic (exact) mass is 139 g/mol. The van der Waals surface area contributed by atoms with Gasteiger partial charge < -0.3 is 5.73 Å². The molecule has 1 rings (SSSR count). The molecule has 0 saturated carbocycles. The quantitative estimate of drug-likeness (QED) is 0.591. The zero-order chi connectivity index (χ0) is 7.98. The number of hydrogen-bond donors (Lipinski definition) is 1. The fourth-order valence-corrected chi connectivity index (χ4v) is 0.402. The average Bonchev–Trinajstić information content (AvgIpc) is 2.00. The van der Waals surface area contributed by atoms with E-state index in [9.17, 15) is 0 Å². The lowest BCUT2D eigenvalue weighted by atomic mass is 10.4. The van der Waals surface area contributed by atoms with Crippen molar-refractivity contribution in [3.05, 3.63) is 18.2 Å². The van der Waals surface area contributed by atoms with Crippen LogP contribution in [0.15, 0.2) is 12.5 Å². The summed E-state index contributed by atoms with van der Waals surface area (Å²) in [5, 5.41) is 0. The van der Waals surface area contributed by atoms with Crippen molar-refractivity contribution in [2.45, 2.75) is 20.8 Å². The van der Waals surface area contributed by atoms with Crippen LogP contribution in [-0.4, -0.2) is 9.97 Å². The Morgan fingerprint density at radius 3 is 2.30 bits per heavy atom. The van der Waals surface area contributed by atoms with E-state index in [1.54, 1.807) is 6.20 Å². The summed E-state index contributed by atoms with van der Waals surface area (Å²) in [5.41, 5.74) is 6.87. The van der Waals surface area contributed by atoms with E-state index in [1.807, 2.05) is 20.8 Å². The highest BCUT2D eigenvalue weighted by molar-refractivity contribution is 5.37. The minimum atomic E-state index is 0.646. The van der Waals surface area contributed by atoms with Crippen LogP contribution in [0, 0.1) is 6.92 Å². The molecule has 0 unspecified atom stereocenters. The SMILES string of the molecule is CC.Cc1ncncc1N. The molecule has 1 aromatic heterocycles. The molecule has 56 valence electrons. The Bertz CT molecular complexity index is 165. The molecule has 0 spiro atoms. The van der Waals surface area contributed by atoms with E-state index < -0.39 is 0 Å². The summed E-state index contributed by atoms with van der Waals surface area (Å²) >= 11 is 0. The first-order valence-corrected chi connectivity index (χ1v) is 3.33. The van der Waals surface area contributed by atoms with Crippen LogP contribution < -0.4 is 5.73 Å². The molecule has 0 aliphatic carbocycles. The maximum atomic E-state index is 5.39. The van der Waals surface area contributed by atoms with Crippen LogP contribution in [0.4, 0.5) is 5.69 Å². The minimum Gasteiger partial charge on any atom is -0.396 e. The maximum absolute atomic E-state index is 5.39. The number of nitrogens with two attached hydrogens (primary N) is 1. The summed E-state index contributed by atoms with van der Waals surface area (Å²) in [6.07, 6.45) is 3.06. The Hall–Kier alpha value is -1.12. The maximum Gasteiger partial charge on any atom is 0.115 e. The number of aromatic nitrogens is 2. The molecule has 2 N–H and O–H groups in total. The van der Waals surface area contributed by atoms with Gasteiger partial charge in [0.05, 0.1) is 17.6 Å². The lowest BCUT2D eigenvalue weighted by molar-refractivity contribution is 1.11. The van der Waals surface area contributed by atoms with Crippen molar-refractivity contribution < 1.29 is 0 Å². The second-order valence-electron chi connectivity index (χ2n) is 1.56. The van der Waals surface area contributed by atoms with Crippen molar-refractivity contribution in [2.24, 2.45) is 0 Å². The first kappa shape index (κ1) is 8.88. The zero-order valence-electron chi connectivity index (χ0n) is 6.63. The van der Waals surface area contributed by atoms with E-state index in [0.717, 1.165) is 5.69 Å². The van der Waals surface area contributed by atoms with Gasteiger partial charge in [-0.3, -0.25) is 0 Å². The second-order valence-corrected chi connectivity index (χ2v) is 1.56. The van der Waals surface area contributed by atoms with Crippen LogP contribution >= 0.6 is 0 Å². The molecule has 3 heteroatoms. The number of nitrogens with zero attached hydrogens (tertiary/aromatic N) is 2. The van der Waals surface area contributed by atoms with Gasteiger partial charge in [-0.25, -0.2) is 9.97 Å². The van der Waals surface area contributed by atoms with E-state index >= 15 is 0 Å². The molecule has 0 aromatic carbocycles. The van der Waals surface area contributed by atoms with Gasteiger partial charge in [-0.2, -0.15) is 0 Å². The van der Waals surface area contributed by atoms with Crippen LogP contribution in [0.5, 0.6) is 0 Å². The largest absolute Gasteiger partial charge is 0.396 e. The van der Waals surface area contributed by atoms with Crippen molar-refractivity contribution in [1.29, 1.82) is 0 Å². The van der Waals surface area contributed by atoms with Crippen LogP contribution in [0.25, 0.3) is 0 Å². The van der Waals surface area contributed by atoms with E-state index in [4.69, 9.17) is 5.73 Å². The fourth-order valence-electron chi connectivity index (χ4n) is 0.402. The predicted molar refractivity (Wildman–Crippen MR) is 42.5 cm³/mol. The Labute approximate surface area is 61.3 Å². The molecule has 3 nitrogen and oxygen atoms in total. The molecule has 0 aliphatic heterocycles. The van der Waals surface area contributed by atoms with Crippen LogP contribution in [0.3, 0.4) is 0 Å². The third-order valence-corrected chi connectivity index (χ3v) is 0.949. The summed E-state index contributed by atoms with van der Waals surface area (Å²) in [4.78, 5) is 7.55. The molecular formula is C7H13N3. The Morgan fingerprint density at radius 2 is 2.00 bits per heavy atom. The summed E-state index contributed by atoms with van der Waals surface area (Å²) in [7, 11) is 0. The third-order valence-electron chi connectivity index (χ3n) is 0.949. The van der Waals surface area contributed by atoms with Gasteiger partial charge in [0.25, 0.3) is 0 Å². The van der Waals surface area contributed by atoms with Gasteiger partial charge in [-0.1, -0.05) is 13.8 Å². The van der Waals surface area contributed by atoms with Gasteiger partial charge in [0.1, 0.15) is 6.33 Å². The fraction of sp³-hybridized carbons (Fsp3) is 0.429. The predicted octanol–water partition coefficient (Wildman–Crippen LogP) is 1.39. The van der Waals surface area contributed by atoms with Gasteiger partial charge >= 0.3 is 0 Å². The molecule has 0 aliphatic rings. The van der Waals surface area contributed by atoms with Gasteiger partial charge in [0.15, 0.2) is 0 Å². The number of hydrogen-bond acceptors (Lipinski definition) is 3. The van der Waals surface area contributed by atoms with Crippen molar-refractivity contribution in [3.63, 3.8) is 0 Å². The molecule has 0 radical (unpaired) electrons. The molecular weight excluding hydrogens is 126 g/mol. The third kappa shape index (κ3) is 2.44. The van der Waals surface area contributed by atoms with E-state index in [1.165, 1.54) is 6.33 Å². The van der Waals surface area contributed by atoms with Crippen LogP contribution in [0.2, 0.25) is 0 Å². The van der Waals surface area contributed by atoms with Crippen molar-refractivity contribution in [1.82, 2.24) is 9.97 Å². The highest BCUT2D eigenvalue weighted by Crippen LogP contribution is 1.99. The van der Waals surface area contributed by atoms with Gasteiger partial charge in [0.2, 0.25) is 0 Å². The molecule has 0 fully saturated rings. The number of nitrogen functional groups attached to an aromatic ring is 1. The summed E-state index contributed by atoms with van der Waals surface area (Å²) in [6.45, 7) is 5.84. The number of rotatable bonds is 0. The molecule has 0 atom stereocenters. The van der Waals surface area contributed by atoms with Crippen molar-refractivity contribution in [2.75, 3.05) is 5.73 Å². The normalized spacial score (nSPS) is 7.90. The van der Waals surface area contributed by atoms with Crippen molar-refractivity contribution in [3.8, 4) is 0 Å². The molecule has 1 heterocycles. The Kier molecular flexibility index (Phi) is 4.20. The average molecular weight is 139 g/mol. The molecule has 0 bridgehead atoms. The van der Waals surface area contributed by atoms with E-state index in [0.29, 0.717) is 5.69 Å². The zero-order valence-corrected chi connectivity index (χ0v) is 6.63. The first-order chi connectivity index (χ1) is 4.80. The summed E-state index contributed by atoms with van der Waals surface area (Å²) in [5.74, 6) is 0. The van der Waals surface area contributed by atoms with Crippen LogP contribution in [0.1, 0.15) is 19.5 Å². The van der Waals surface area contributed by atoms with Gasteiger partial charge in [-0.15, -0.1) is 0 Å². The second kappa shape index (κ2) is 4.73. The van der Waals surface area contributed by atoms with Crippen LogP contribution in [-0.2, 0) is 0 Å². The molecule has 0 amide bonds. The highest BCUT2D eigenvalue weighted by Gasteiger charge is 1.87. The van der Waals surface area contributed by atoms with E-state index in [-0.39, 0.29) is 0 Å². The summed E-state index contributed by atoms with van der Waals surface area (Å²) in [6, 6.07) is 0. The number of aryl methyl sites for hydroxylation is 1. The molecule has 10 heavy (non-hydrogen) atoms. The molecule has 0 saturated heterocycles. The Balaban J connectivity index is 0.000000371. The summed E-state index contributed by atoms with van der Waals surface area (Å²) < 4.78 is 0. The first-order valence-electron chi connectivity index (χ1n) is 3.33.